The largest absolute Gasteiger partial charge is 0.431 e. The van der Waals surface area contributed by atoms with Crippen molar-refractivity contribution in [3.05, 3.63) is 95.6 Å². The molecule has 0 radical (unpaired) electrons. The van der Waals surface area contributed by atoms with E-state index < -0.39 is 5.72 Å². The number of rotatable bonds is 1. The average Bonchev–Trinajstić information content (AvgIpc) is 3.32. The maximum absolute atomic E-state index is 13.2. The van der Waals surface area contributed by atoms with Crippen LogP contribution in [0, 0.1) is 5.92 Å². The summed E-state index contributed by atoms with van der Waals surface area (Å²) in [6.07, 6.45) is 5.38. The van der Waals surface area contributed by atoms with Crippen LogP contribution in [-0.2, 0) is 10.5 Å². The third-order valence-corrected chi connectivity index (χ3v) is 8.23. The van der Waals surface area contributed by atoms with Crippen molar-refractivity contribution >= 4 is 17.3 Å². The van der Waals surface area contributed by atoms with Crippen molar-refractivity contribution < 1.29 is 9.53 Å². The van der Waals surface area contributed by atoms with Crippen LogP contribution in [0.15, 0.2) is 78.9 Å². The number of carbonyl (C=O) groups is 1. The topological polar surface area (TPSA) is 41.6 Å². The zero-order valence-electron chi connectivity index (χ0n) is 18.0. The third-order valence-electron chi connectivity index (χ3n) is 8.23. The summed E-state index contributed by atoms with van der Waals surface area (Å²) < 4.78 is 6.47. The molecule has 4 nitrogen and oxygen atoms in total. The van der Waals surface area contributed by atoms with E-state index in [0.717, 1.165) is 29.8 Å². The van der Waals surface area contributed by atoms with Gasteiger partial charge in [0.25, 0.3) is 0 Å². The lowest BCUT2D eigenvalue weighted by molar-refractivity contribution is -0.0663. The van der Waals surface area contributed by atoms with Gasteiger partial charge in [0.05, 0.1) is 16.9 Å². The number of para-hydroxylation sites is 2. The Kier molecular flexibility index (Phi) is 3.65. The van der Waals surface area contributed by atoms with Crippen LogP contribution in [-0.4, -0.2) is 11.6 Å². The third kappa shape index (κ3) is 2.20. The molecule has 0 unspecified atom stereocenters. The molecule has 7 rings (SSSR count). The zero-order chi connectivity index (χ0) is 21.3. The van der Waals surface area contributed by atoms with Gasteiger partial charge in [-0.25, -0.2) is 4.79 Å². The molecule has 0 amide bonds. The van der Waals surface area contributed by atoms with Crippen LogP contribution in [0.5, 0.6) is 0 Å². The van der Waals surface area contributed by atoms with Crippen molar-refractivity contribution in [1.29, 1.82) is 0 Å². The first-order valence-corrected chi connectivity index (χ1v) is 11.8. The number of esters is 1. The molecule has 1 saturated heterocycles. The number of benzene rings is 3. The number of anilines is 2. The molecule has 3 aromatic rings. The number of nitrogens with zero attached hydrogens (tertiary/aromatic N) is 1. The van der Waals surface area contributed by atoms with Crippen molar-refractivity contribution in [2.45, 2.75) is 49.4 Å². The van der Waals surface area contributed by atoms with Crippen LogP contribution >= 0.6 is 0 Å². The van der Waals surface area contributed by atoms with Gasteiger partial charge in [-0.3, -0.25) is 0 Å². The fraction of sp³-hybridized carbons (Fsp3) is 0.321. The molecule has 1 aliphatic carbocycles. The molecule has 4 heteroatoms. The van der Waals surface area contributed by atoms with Gasteiger partial charge in [-0.05, 0) is 48.9 Å². The van der Waals surface area contributed by atoms with Crippen molar-refractivity contribution in [2.24, 2.45) is 5.92 Å². The number of hydrogen-bond donors (Lipinski definition) is 1. The first-order chi connectivity index (χ1) is 15.7. The van der Waals surface area contributed by atoms with Crippen molar-refractivity contribution in [1.82, 2.24) is 0 Å². The summed E-state index contributed by atoms with van der Waals surface area (Å²) >= 11 is 0. The molecule has 3 aliphatic heterocycles. The molecule has 1 saturated carbocycles. The van der Waals surface area contributed by atoms with Crippen LogP contribution in [0.2, 0.25) is 0 Å². The van der Waals surface area contributed by atoms with E-state index in [2.05, 4.69) is 70.9 Å². The molecule has 160 valence electrons. The smallest absolute Gasteiger partial charge is 0.341 e. The normalized spacial score (nSPS) is 31.9. The van der Waals surface area contributed by atoms with E-state index in [-0.39, 0.29) is 11.6 Å². The Morgan fingerprint density at radius 3 is 2.59 bits per heavy atom. The van der Waals surface area contributed by atoms with E-state index >= 15 is 0 Å². The van der Waals surface area contributed by atoms with Gasteiger partial charge >= 0.3 is 5.97 Å². The molecule has 32 heavy (non-hydrogen) atoms. The van der Waals surface area contributed by atoms with Gasteiger partial charge in [0.2, 0.25) is 5.72 Å². The van der Waals surface area contributed by atoms with Gasteiger partial charge in [0.15, 0.2) is 0 Å². The van der Waals surface area contributed by atoms with Gasteiger partial charge in [-0.2, -0.15) is 0 Å². The van der Waals surface area contributed by atoms with Crippen LogP contribution in [0.3, 0.4) is 0 Å². The maximum Gasteiger partial charge on any atom is 0.341 e. The fourth-order valence-electron chi connectivity index (χ4n) is 7.11. The van der Waals surface area contributed by atoms with Gasteiger partial charge < -0.3 is 15.0 Å². The lowest BCUT2D eigenvalue weighted by atomic mass is 9.62. The number of fused-ring (bicyclic) bond motifs is 5. The minimum Gasteiger partial charge on any atom is -0.431 e. The summed E-state index contributed by atoms with van der Waals surface area (Å²) in [4.78, 5) is 15.6. The van der Waals surface area contributed by atoms with E-state index in [1.807, 2.05) is 18.2 Å². The minimum absolute atomic E-state index is 0.207. The second kappa shape index (κ2) is 6.38. The molecule has 0 aromatic heterocycles. The monoisotopic (exact) mass is 422 g/mol. The maximum atomic E-state index is 13.2. The second-order valence-corrected chi connectivity index (χ2v) is 9.69. The Hall–Kier alpha value is -3.27. The fourth-order valence-corrected chi connectivity index (χ4v) is 7.11. The standard InChI is InChI=1S/C28H26N2O2/c31-26-20-12-4-5-14-23(20)28(32-26)18-21(19-10-2-1-3-11-19)22-13-8-9-17-27(22)29-24-15-6-7-16-25(24)30(27)28/h1-7,10-12,14-16,21-22,29H,8-9,13,17-18H2/t21-,22+,27-,28-/m0/s1. The molecule has 4 aliphatic rings. The summed E-state index contributed by atoms with van der Waals surface area (Å²) in [5.41, 5.74) is 4.28. The van der Waals surface area contributed by atoms with Crippen LogP contribution in [0.4, 0.5) is 11.4 Å². The van der Waals surface area contributed by atoms with E-state index in [0.29, 0.717) is 17.4 Å². The second-order valence-electron chi connectivity index (χ2n) is 9.69. The highest BCUT2D eigenvalue weighted by Crippen LogP contribution is 2.65. The first kappa shape index (κ1) is 18.3. The molecule has 4 atom stereocenters. The molecular formula is C28H26N2O2. The molecule has 2 fully saturated rings. The Morgan fingerprint density at radius 1 is 0.906 bits per heavy atom. The Labute approximate surface area is 188 Å². The van der Waals surface area contributed by atoms with E-state index in [1.165, 1.54) is 24.8 Å². The number of ether oxygens (including phenoxy) is 1. The van der Waals surface area contributed by atoms with E-state index in [9.17, 15) is 4.79 Å². The molecule has 2 spiro atoms. The highest BCUT2D eigenvalue weighted by Gasteiger charge is 2.67. The van der Waals surface area contributed by atoms with Crippen molar-refractivity contribution in [3.63, 3.8) is 0 Å². The SMILES string of the molecule is O=C1O[C@@]2(C[C@@H](c3ccccc3)[C@H]3CCCC[C@@]34Nc3ccccc3N24)c2ccccc21. The quantitative estimate of drug-likeness (QED) is 0.487. The lowest BCUT2D eigenvalue weighted by Crippen LogP contribution is -2.69. The van der Waals surface area contributed by atoms with Gasteiger partial charge in [0, 0.05) is 17.9 Å². The predicted octanol–water partition coefficient (Wildman–Crippen LogP) is 6.02. The number of hydrogen-bond acceptors (Lipinski definition) is 4. The molecular weight excluding hydrogens is 396 g/mol. The van der Waals surface area contributed by atoms with Crippen LogP contribution in [0.25, 0.3) is 0 Å². The number of piperidine rings is 1. The Balaban J connectivity index is 1.52. The summed E-state index contributed by atoms with van der Waals surface area (Å²) in [6.45, 7) is 0. The average molecular weight is 423 g/mol. The number of nitrogens with one attached hydrogen (secondary N) is 1. The van der Waals surface area contributed by atoms with E-state index in [1.54, 1.807) is 0 Å². The Bertz CT molecular complexity index is 1220. The lowest BCUT2D eigenvalue weighted by Gasteiger charge is -2.61. The molecule has 0 bridgehead atoms. The first-order valence-electron chi connectivity index (χ1n) is 11.8. The molecule has 3 aromatic carbocycles. The zero-order valence-corrected chi connectivity index (χ0v) is 18.0. The molecule has 3 heterocycles. The highest BCUT2D eigenvalue weighted by atomic mass is 16.6. The van der Waals surface area contributed by atoms with Crippen LogP contribution < -0.4 is 10.2 Å². The van der Waals surface area contributed by atoms with Crippen molar-refractivity contribution in [2.75, 3.05) is 10.2 Å². The minimum atomic E-state index is -0.804. The predicted molar refractivity (Wildman–Crippen MR) is 125 cm³/mol. The summed E-state index contributed by atoms with van der Waals surface area (Å²) in [5, 5.41) is 3.98. The Morgan fingerprint density at radius 2 is 1.69 bits per heavy atom. The summed E-state index contributed by atoms with van der Waals surface area (Å²) in [7, 11) is 0. The number of carbonyl (C=O) groups excluding carboxylic acids is 1. The highest BCUT2D eigenvalue weighted by molar-refractivity contribution is 5.96. The summed E-state index contributed by atoms with van der Waals surface area (Å²) in [6, 6.07) is 27.4. The van der Waals surface area contributed by atoms with Crippen LogP contribution in [0.1, 0.15) is 59.5 Å². The van der Waals surface area contributed by atoms with Gasteiger partial charge in [-0.15, -0.1) is 0 Å². The van der Waals surface area contributed by atoms with E-state index in [4.69, 9.17) is 4.74 Å². The summed E-state index contributed by atoms with van der Waals surface area (Å²) in [5.74, 6) is 0.526. The molecule has 1 N–H and O–H groups in total. The van der Waals surface area contributed by atoms with Gasteiger partial charge in [0.1, 0.15) is 5.66 Å². The van der Waals surface area contributed by atoms with Gasteiger partial charge in [-0.1, -0.05) is 67.1 Å². The van der Waals surface area contributed by atoms with Crippen molar-refractivity contribution in [3.8, 4) is 0 Å².